The van der Waals surface area contributed by atoms with Crippen LogP contribution < -0.4 is 5.32 Å². The van der Waals surface area contributed by atoms with Crippen LogP contribution in [-0.4, -0.2) is 60.8 Å². The number of carbonyl (C=O) groups excluding carboxylic acids is 1. The molecule has 0 unspecified atom stereocenters. The maximum atomic E-state index is 12.6. The Kier molecular flexibility index (Phi) is 7.06. The summed E-state index contributed by atoms with van der Waals surface area (Å²) in [6.45, 7) is 12.2. The molecule has 24 heavy (non-hydrogen) atoms. The highest BCUT2D eigenvalue weighted by atomic mass is 16.5. The fourth-order valence-corrected chi connectivity index (χ4v) is 2.89. The van der Waals surface area contributed by atoms with Gasteiger partial charge in [-0.15, -0.1) is 0 Å². The molecule has 2 amide bonds. The Morgan fingerprint density at radius 1 is 1.21 bits per heavy atom. The fourth-order valence-electron chi connectivity index (χ4n) is 2.89. The van der Waals surface area contributed by atoms with Crippen LogP contribution in [0.5, 0.6) is 0 Å². The highest BCUT2D eigenvalue weighted by Crippen LogP contribution is 2.14. The number of nitrogens with one attached hydrogen (secondary N) is 1. The predicted octanol–water partition coefficient (Wildman–Crippen LogP) is 2.72. The Bertz CT molecular complexity index is 493. The van der Waals surface area contributed by atoms with E-state index in [1.807, 2.05) is 35.2 Å². The van der Waals surface area contributed by atoms with E-state index in [1.165, 1.54) is 0 Å². The van der Waals surface area contributed by atoms with Gasteiger partial charge in [0, 0.05) is 38.3 Å². The van der Waals surface area contributed by atoms with Crippen LogP contribution in [0, 0.1) is 0 Å². The van der Waals surface area contributed by atoms with E-state index in [4.69, 9.17) is 4.74 Å². The van der Waals surface area contributed by atoms with Gasteiger partial charge in [-0.1, -0.05) is 30.3 Å². The second-order valence-corrected chi connectivity index (χ2v) is 7.27. The van der Waals surface area contributed by atoms with Gasteiger partial charge in [0.15, 0.2) is 0 Å². The molecule has 1 aliphatic rings. The maximum absolute atomic E-state index is 12.6. The summed E-state index contributed by atoms with van der Waals surface area (Å²) < 4.78 is 5.38. The zero-order chi connectivity index (χ0) is 17.4. The zero-order valence-electron chi connectivity index (χ0n) is 15.3. The minimum absolute atomic E-state index is 0.00771. The van der Waals surface area contributed by atoms with Gasteiger partial charge >= 0.3 is 6.03 Å². The minimum atomic E-state index is -0.189. The molecule has 0 bridgehead atoms. The molecule has 0 spiro atoms. The summed E-state index contributed by atoms with van der Waals surface area (Å²) >= 11 is 0. The number of morpholine rings is 1. The molecule has 1 heterocycles. The van der Waals surface area contributed by atoms with Crippen molar-refractivity contribution < 1.29 is 9.53 Å². The van der Waals surface area contributed by atoms with E-state index in [2.05, 4.69) is 31.0 Å². The second-order valence-electron chi connectivity index (χ2n) is 7.27. The SMILES string of the molecule is CC(C)(C)N(CCCN1CCOCC1)C(=O)NCc1ccccc1. The number of hydrogen-bond acceptors (Lipinski definition) is 3. The van der Waals surface area contributed by atoms with Crippen molar-refractivity contribution in [1.82, 2.24) is 15.1 Å². The molecule has 0 saturated carbocycles. The van der Waals surface area contributed by atoms with Gasteiger partial charge in [-0.3, -0.25) is 4.90 Å². The number of hydrogen-bond donors (Lipinski definition) is 1. The van der Waals surface area contributed by atoms with E-state index in [0.717, 1.165) is 51.4 Å². The standard InChI is InChI=1S/C19H31N3O2/c1-19(2,3)22(11-7-10-21-12-14-24-15-13-21)18(23)20-16-17-8-5-4-6-9-17/h4-6,8-9H,7,10-16H2,1-3H3,(H,20,23). The van der Waals surface area contributed by atoms with E-state index in [0.29, 0.717) is 6.54 Å². The van der Waals surface area contributed by atoms with Crippen molar-refractivity contribution >= 4 is 6.03 Å². The lowest BCUT2D eigenvalue weighted by atomic mass is 10.1. The van der Waals surface area contributed by atoms with E-state index >= 15 is 0 Å². The molecule has 1 saturated heterocycles. The van der Waals surface area contributed by atoms with E-state index in [1.54, 1.807) is 0 Å². The smallest absolute Gasteiger partial charge is 0.318 e. The van der Waals surface area contributed by atoms with Crippen molar-refractivity contribution in [1.29, 1.82) is 0 Å². The van der Waals surface area contributed by atoms with Crippen LogP contribution in [0.25, 0.3) is 0 Å². The van der Waals surface area contributed by atoms with E-state index < -0.39 is 0 Å². The Morgan fingerprint density at radius 2 is 1.88 bits per heavy atom. The molecule has 1 aromatic rings. The number of amides is 2. The Hall–Kier alpha value is -1.59. The van der Waals surface area contributed by atoms with Gasteiger partial charge in [0.1, 0.15) is 0 Å². The summed E-state index contributed by atoms with van der Waals surface area (Å²) in [7, 11) is 0. The molecule has 0 radical (unpaired) electrons. The van der Waals surface area contributed by atoms with Gasteiger partial charge in [-0.05, 0) is 32.8 Å². The zero-order valence-corrected chi connectivity index (χ0v) is 15.3. The summed E-state index contributed by atoms with van der Waals surface area (Å²) in [5, 5.41) is 3.05. The van der Waals surface area contributed by atoms with Crippen LogP contribution in [-0.2, 0) is 11.3 Å². The van der Waals surface area contributed by atoms with Gasteiger partial charge in [0.2, 0.25) is 0 Å². The molecular weight excluding hydrogens is 302 g/mol. The first-order valence-corrected chi connectivity index (χ1v) is 8.86. The molecule has 1 fully saturated rings. The van der Waals surface area contributed by atoms with Crippen LogP contribution >= 0.6 is 0 Å². The lowest BCUT2D eigenvalue weighted by molar-refractivity contribution is 0.0353. The van der Waals surface area contributed by atoms with Crippen molar-refractivity contribution in [3.05, 3.63) is 35.9 Å². The first-order chi connectivity index (χ1) is 11.5. The van der Waals surface area contributed by atoms with Crippen LogP contribution in [0.3, 0.4) is 0 Å². The molecule has 0 aliphatic carbocycles. The third-order valence-corrected chi connectivity index (χ3v) is 4.30. The van der Waals surface area contributed by atoms with Crippen LogP contribution in [0.4, 0.5) is 4.79 Å². The topological polar surface area (TPSA) is 44.8 Å². The predicted molar refractivity (Wildman–Crippen MR) is 97.0 cm³/mol. The molecule has 1 aromatic carbocycles. The highest BCUT2D eigenvalue weighted by molar-refractivity contribution is 5.75. The third-order valence-electron chi connectivity index (χ3n) is 4.30. The monoisotopic (exact) mass is 333 g/mol. The number of carbonyl (C=O) groups is 1. The van der Waals surface area contributed by atoms with Crippen molar-refractivity contribution in [2.45, 2.75) is 39.3 Å². The van der Waals surface area contributed by atoms with E-state index in [9.17, 15) is 4.79 Å². The Balaban J connectivity index is 1.81. The van der Waals surface area contributed by atoms with Crippen LogP contribution in [0.1, 0.15) is 32.8 Å². The van der Waals surface area contributed by atoms with Crippen LogP contribution in [0.2, 0.25) is 0 Å². The van der Waals surface area contributed by atoms with Crippen LogP contribution in [0.15, 0.2) is 30.3 Å². The summed E-state index contributed by atoms with van der Waals surface area (Å²) in [5.74, 6) is 0. The average Bonchev–Trinajstić information content (AvgIpc) is 2.57. The molecular formula is C19H31N3O2. The van der Waals surface area contributed by atoms with Crippen molar-refractivity contribution in [2.75, 3.05) is 39.4 Å². The summed E-state index contributed by atoms with van der Waals surface area (Å²) in [6.07, 6.45) is 0.982. The Labute approximate surface area is 146 Å². The molecule has 5 nitrogen and oxygen atoms in total. The average molecular weight is 333 g/mol. The normalized spacial score (nSPS) is 16.0. The number of ether oxygens (including phenoxy) is 1. The second kappa shape index (κ2) is 9.04. The van der Waals surface area contributed by atoms with Gasteiger partial charge in [-0.25, -0.2) is 4.79 Å². The summed E-state index contributed by atoms with van der Waals surface area (Å²) in [6, 6.07) is 10.0. The van der Waals surface area contributed by atoms with Crippen molar-refractivity contribution in [3.8, 4) is 0 Å². The maximum Gasteiger partial charge on any atom is 0.318 e. The fraction of sp³-hybridized carbons (Fsp3) is 0.632. The number of nitrogens with zero attached hydrogens (tertiary/aromatic N) is 2. The van der Waals surface area contributed by atoms with Gasteiger partial charge in [0.05, 0.1) is 13.2 Å². The molecule has 134 valence electrons. The first-order valence-electron chi connectivity index (χ1n) is 8.86. The molecule has 0 aromatic heterocycles. The number of urea groups is 1. The largest absolute Gasteiger partial charge is 0.379 e. The third kappa shape index (κ3) is 6.13. The first kappa shape index (κ1) is 18.7. The molecule has 2 rings (SSSR count). The minimum Gasteiger partial charge on any atom is -0.379 e. The number of benzene rings is 1. The molecule has 0 atom stereocenters. The highest BCUT2D eigenvalue weighted by Gasteiger charge is 2.26. The van der Waals surface area contributed by atoms with Gasteiger partial charge in [0.25, 0.3) is 0 Å². The quantitative estimate of drug-likeness (QED) is 0.870. The Morgan fingerprint density at radius 3 is 2.50 bits per heavy atom. The lowest BCUT2D eigenvalue weighted by Gasteiger charge is -2.36. The summed E-state index contributed by atoms with van der Waals surface area (Å²) in [4.78, 5) is 17.0. The van der Waals surface area contributed by atoms with Gasteiger partial charge in [-0.2, -0.15) is 0 Å². The van der Waals surface area contributed by atoms with Gasteiger partial charge < -0.3 is 15.0 Å². The van der Waals surface area contributed by atoms with Crippen molar-refractivity contribution in [3.63, 3.8) is 0 Å². The molecule has 1 aliphatic heterocycles. The molecule has 1 N–H and O–H groups in total. The lowest BCUT2D eigenvalue weighted by Crippen LogP contribution is -2.51. The van der Waals surface area contributed by atoms with E-state index in [-0.39, 0.29) is 11.6 Å². The van der Waals surface area contributed by atoms with Crippen molar-refractivity contribution in [2.24, 2.45) is 0 Å². The summed E-state index contributed by atoms with van der Waals surface area (Å²) in [5.41, 5.74) is 0.930. The number of rotatable bonds is 6. The molecule has 5 heteroatoms.